The Balaban J connectivity index is 2.00. The van der Waals surface area contributed by atoms with E-state index < -0.39 is 0 Å². The number of hydrogen-bond acceptors (Lipinski definition) is 6. The Morgan fingerprint density at radius 3 is 2.60 bits per heavy atom. The topological polar surface area (TPSA) is 87.8 Å². The van der Waals surface area contributed by atoms with Crippen LogP contribution in [0.1, 0.15) is 74.7 Å². The molecule has 0 spiro atoms. The molecule has 1 aliphatic carbocycles. The number of rotatable bonds is 12. The molecule has 1 saturated carbocycles. The van der Waals surface area contributed by atoms with Gasteiger partial charge in [-0.2, -0.15) is 0 Å². The van der Waals surface area contributed by atoms with Crippen LogP contribution in [0.5, 0.6) is 0 Å². The molecule has 0 bridgehead atoms. The molecule has 30 heavy (non-hydrogen) atoms. The van der Waals surface area contributed by atoms with Crippen molar-refractivity contribution in [3.8, 4) is 0 Å². The van der Waals surface area contributed by atoms with E-state index in [1.54, 1.807) is 6.07 Å². The number of hydrogen-bond donors (Lipinski definition) is 3. The number of ether oxygens (including phenoxy) is 1. The number of nitrogens with two attached hydrogens (primary N) is 1. The first-order chi connectivity index (χ1) is 14.4. The van der Waals surface area contributed by atoms with Crippen molar-refractivity contribution >= 4 is 27.6 Å². The van der Waals surface area contributed by atoms with Gasteiger partial charge in [0.2, 0.25) is 0 Å². The number of aliphatic hydroxyl groups is 1. The summed E-state index contributed by atoms with van der Waals surface area (Å²) in [6, 6.07) is 3.58. The zero-order valence-corrected chi connectivity index (χ0v) is 20.1. The van der Waals surface area contributed by atoms with Crippen molar-refractivity contribution in [3.05, 3.63) is 27.7 Å². The average Bonchev–Trinajstić information content (AvgIpc) is 2.75. The van der Waals surface area contributed by atoms with Gasteiger partial charge in [-0.15, -0.1) is 0 Å². The normalized spacial score (nSPS) is 16.0. The molecule has 0 atom stereocenters. The first-order valence-corrected chi connectivity index (χ1v) is 12.1. The van der Waals surface area contributed by atoms with Crippen LogP contribution in [0.25, 0.3) is 0 Å². The Labute approximate surface area is 189 Å². The summed E-state index contributed by atoms with van der Waals surface area (Å²) in [5, 5.41) is 12.9. The number of carbonyl (C=O) groups is 1. The van der Waals surface area contributed by atoms with Crippen LogP contribution in [0, 0.1) is 0 Å². The van der Waals surface area contributed by atoms with Crippen LogP contribution in [0.2, 0.25) is 0 Å². The fourth-order valence-electron chi connectivity index (χ4n) is 4.25. The predicted molar refractivity (Wildman–Crippen MR) is 126 cm³/mol. The second kappa shape index (κ2) is 12.6. The number of nitrogens with one attached hydrogen (secondary N) is 1. The van der Waals surface area contributed by atoms with Crippen LogP contribution in [-0.4, -0.2) is 54.4 Å². The molecule has 6 nitrogen and oxygen atoms in total. The summed E-state index contributed by atoms with van der Waals surface area (Å²) in [5.74, 6) is -0.347. The van der Waals surface area contributed by atoms with E-state index in [1.807, 2.05) is 6.07 Å². The Bertz CT molecular complexity index is 672. The molecule has 1 aromatic carbocycles. The van der Waals surface area contributed by atoms with E-state index in [0.29, 0.717) is 37.5 Å². The van der Waals surface area contributed by atoms with Crippen molar-refractivity contribution in [2.24, 2.45) is 0 Å². The molecule has 4 N–H and O–H groups in total. The maximum atomic E-state index is 12.6. The van der Waals surface area contributed by atoms with E-state index in [0.717, 1.165) is 29.4 Å². The van der Waals surface area contributed by atoms with E-state index >= 15 is 0 Å². The van der Waals surface area contributed by atoms with Gasteiger partial charge in [0.05, 0.1) is 17.9 Å². The quantitative estimate of drug-likeness (QED) is 0.306. The maximum Gasteiger partial charge on any atom is 0.338 e. The van der Waals surface area contributed by atoms with Crippen molar-refractivity contribution in [3.63, 3.8) is 0 Å². The highest BCUT2D eigenvalue weighted by atomic mass is 79.9. The van der Waals surface area contributed by atoms with Gasteiger partial charge in [-0.1, -0.05) is 33.1 Å². The summed E-state index contributed by atoms with van der Waals surface area (Å²) in [4.78, 5) is 14.7. The van der Waals surface area contributed by atoms with Gasteiger partial charge in [0.15, 0.2) is 0 Å². The highest BCUT2D eigenvalue weighted by molar-refractivity contribution is 9.10. The summed E-state index contributed by atoms with van der Waals surface area (Å²) >= 11 is 3.50. The van der Waals surface area contributed by atoms with E-state index in [9.17, 15) is 4.79 Å². The van der Waals surface area contributed by atoms with Gasteiger partial charge < -0.3 is 20.9 Å². The molecule has 0 amide bonds. The third kappa shape index (κ3) is 7.22. The number of halogens is 1. The number of carbonyl (C=O) groups excluding carboxylic acids is 1. The van der Waals surface area contributed by atoms with Crippen LogP contribution < -0.4 is 11.1 Å². The average molecular weight is 484 g/mol. The van der Waals surface area contributed by atoms with Gasteiger partial charge in [-0.05, 0) is 65.9 Å². The molecule has 0 aliphatic heterocycles. The highest BCUT2D eigenvalue weighted by Crippen LogP contribution is 2.32. The maximum absolute atomic E-state index is 12.6. The van der Waals surface area contributed by atoms with Gasteiger partial charge in [0.1, 0.15) is 6.61 Å². The zero-order valence-electron chi connectivity index (χ0n) is 18.5. The molecule has 0 aromatic heterocycles. The lowest BCUT2D eigenvalue weighted by Gasteiger charge is -2.38. The van der Waals surface area contributed by atoms with Crippen molar-refractivity contribution in [2.75, 3.05) is 38.6 Å². The fourth-order valence-corrected chi connectivity index (χ4v) is 4.75. The number of esters is 1. The molecule has 0 heterocycles. The van der Waals surface area contributed by atoms with Crippen molar-refractivity contribution in [1.82, 2.24) is 10.2 Å². The smallest absolute Gasteiger partial charge is 0.338 e. The highest BCUT2D eigenvalue weighted by Gasteiger charge is 2.29. The lowest BCUT2D eigenvalue weighted by Crippen LogP contribution is -2.45. The SMILES string of the molecule is CCCN(CCO)CCOC(=O)c1cc(Br)c(N)c(CNC2(CC)CCCCC2)c1. The third-order valence-electron chi connectivity index (χ3n) is 6.19. The molecule has 170 valence electrons. The van der Waals surface area contributed by atoms with Crippen LogP contribution in [0.4, 0.5) is 5.69 Å². The Morgan fingerprint density at radius 1 is 1.23 bits per heavy atom. The van der Waals surface area contributed by atoms with Crippen LogP contribution in [-0.2, 0) is 11.3 Å². The molecule has 0 unspecified atom stereocenters. The molecule has 7 heteroatoms. The number of aliphatic hydroxyl groups excluding tert-OH is 1. The fraction of sp³-hybridized carbons (Fsp3) is 0.696. The Hall–Kier alpha value is -1.15. The zero-order chi connectivity index (χ0) is 22.0. The van der Waals surface area contributed by atoms with Crippen molar-refractivity contribution < 1.29 is 14.6 Å². The molecule has 1 aliphatic rings. The minimum Gasteiger partial charge on any atom is -0.461 e. The molecular weight excluding hydrogens is 446 g/mol. The molecule has 1 aromatic rings. The molecule has 0 radical (unpaired) electrons. The second-order valence-corrected chi connectivity index (χ2v) is 9.13. The van der Waals surface area contributed by atoms with E-state index in [4.69, 9.17) is 15.6 Å². The molecule has 1 fully saturated rings. The number of benzene rings is 1. The van der Waals surface area contributed by atoms with Gasteiger partial charge in [0, 0.05) is 29.6 Å². The number of nitrogens with zero attached hydrogens (tertiary/aromatic N) is 1. The Morgan fingerprint density at radius 2 is 1.97 bits per heavy atom. The van der Waals surface area contributed by atoms with Gasteiger partial charge in [0.25, 0.3) is 0 Å². The van der Waals surface area contributed by atoms with Crippen molar-refractivity contribution in [2.45, 2.75) is 70.9 Å². The number of nitrogen functional groups attached to an aromatic ring is 1. The third-order valence-corrected chi connectivity index (χ3v) is 6.85. The lowest BCUT2D eigenvalue weighted by atomic mass is 9.79. The standard InChI is InChI=1S/C23H38BrN3O3/c1-3-10-27(11-13-28)12-14-30-22(29)18-15-19(21(25)20(24)16-18)17-26-23(4-2)8-6-5-7-9-23/h15-16,26,28H,3-14,17,25H2,1-2H3. The number of anilines is 1. The van der Waals surface area contributed by atoms with Gasteiger partial charge in [-0.3, -0.25) is 4.90 Å². The monoisotopic (exact) mass is 483 g/mol. The molecular formula is C23H38BrN3O3. The second-order valence-electron chi connectivity index (χ2n) is 8.28. The summed E-state index contributed by atoms with van der Waals surface area (Å²) in [5.41, 5.74) is 8.55. The summed E-state index contributed by atoms with van der Waals surface area (Å²) in [6.45, 7) is 7.46. The first-order valence-electron chi connectivity index (χ1n) is 11.3. The van der Waals surface area contributed by atoms with Crippen molar-refractivity contribution in [1.29, 1.82) is 0 Å². The minimum atomic E-state index is -0.347. The predicted octanol–water partition coefficient (Wildman–Crippen LogP) is 4.09. The van der Waals surface area contributed by atoms with E-state index in [1.165, 1.54) is 32.1 Å². The summed E-state index contributed by atoms with van der Waals surface area (Å²) < 4.78 is 6.21. The van der Waals surface area contributed by atoms with Gasteiger partial charge >= 0.3 is 5.97 Å². The summed E-state index contributed by atoms with van der Waals surface area (Å²) in [6.07, 6.45) is 8.30. The summed E-state index contributed by atoms with van der Waals surface area (Å²) in [7, 11) is 0. The minimum absolute atomic E-state index is 0.106. The largest absolute Gasteiger partial charge is 0.461 e. The van der Waals surface area contributed by atoms with E-state index in [2.05, 4.69) is 40.0 Å². The Kier molecular flexibility index (Phi) is 10.6. The van der Waals surface area contributed by atoms with Crippen LogP contribution >= 0.6 is 15.9 Å². The van der Waals surface area contributed by atoms with Crippen LogP contribution in [0.3, 0.4) is 0 Å². The van der Waals surface area contributed by atoms with Gasteiger partial charge in [-0.25, -0.2) is 4.79 Å². The van der Waals surface area contributed by atoms with Crippen LogP contribution in [0.15, 0.2) is 16.6 Å². The van der Waals surface area contributed by atoms with E-state index in [-0.39, 0.29) is 18.1 Å². The molecule has 2 rings (SSSR count). The lowest BCUT2D eigenvalue weighted by molar-refractivity contribution is 0.0453. The first kappa shape index (κ1) is 25.1. The molecule has 0 saturated heterocycles.